The molecule has 0 fully saturated rings. The zero-order valence-corrected chi connectivity index (χ0v) is 8.66. The van der Waals surface area contributed by atoms with Crippen molar-refractivity contribution in [2.24, 2.45) is 0 Å². The van der Waals surface area contributed by atoms with Gasteiger partial charge in [0.1, 0.15) is 0 Å². The fourth-order valence-corrected chi connectivity index (χ4v) is 2.14. The van der Waals surface area contributed by atoms with Crippen molar-refractivity contribution in [1.82, 2.24) is 0 Å². The van der Waals surface area contributed by atoms with Crippen LogP contribution in [0.5, 0.6) is 0 Å². The van der Waals surface area contributed by atoms with Crippen LogP contribution in [0.3, 0.4) is 0 Å². The molecule has 0 unspecified atom stereocenters. The summed E-state index contributed by atoms with van der Waals surface area (Å²) >= 11 is 0. The largest absolute Gasteiger partial charge is 0.395 e. The summed E-state index contributed by atoms with van der Waals surface area (Å²) in [5.74, 6) is -1.78. The molecular weight excluding hydrogens is 216 g/mol. The smallest absolute Gasteiger partial charge is 0.160 e. The van der Waals surface area contributed by atoms with Crippen molar-refractivity contribution in [3.63, 3.8) is 0 Å². The summed E-state index contributed by atoms with van der Waals surface area (Å²) in [6.45, 7) is 0.121. The number of rotatable bonds is 3. The highest BCUT2D eigenvalue weighted by molar-refractivity contribution is 5.60. The van der Waals surface area contributed by atoms with E-state index in [1.807, 2.05) is 0 Å². The quantitative estimate of drug-likeness (QED) is 0.801. The van der Waals surface area contributed by atoms with Crippen LogP contribution in [0, 0.1) is 11.6 Å². The number of anilines is 1. The minimum absolute atomic E-state index is 0.0884. The fourth-order valence-electron chi connectivity index (χ4n) is 2.14. The Morgan fingerprint density at radius 1 is 1.25 bits per heavy atom. The van der Waals surface area contributed by atoms with Crippen LogP contribution in [0.2, 0.25) is 0 Å². The van der Waals surface area contributed by atoms with Crippen molar-refractivity contribution in [3.8, 4) is 0 Å². The van der Waals surface area contributed by atoms with Crippen molar-refractivity contribution < 1.29 is 19.0 Å². The molecule has 5 heteroatoms. The molecule has 2 rings (SSSR count). The molecule has 1 aliphatic rings. The molecule has 88 valence electrons. The zero-order valence-electron chi connectivity index (χ0n) is 8.66. The van der Waals surface area contributed by atoms with E-state index < -0.39 is 11.6 Å². The maximum Gasteiger partial charge on any atom is 0.160 e. The van der Waals surface area contributed by atoms with E-state index in [-0.39, 0.29) is 19.3 Å². The number of nitrogens with zero attached hydrogens (tertiary/aromatic N) is 1. The van der Waals surface area contributed by atoms with Crippen LogP contribution >= 0.6 is 0 Å². The molecule has 1 aromatic rings. The fraction of sp³-hybridized carbons (Fsp3) is 0.455. The van der Waals surface area contributed by atoms with Crippen LogP contribution < -0.4 is 4.90 Å². The summed E-state index contributed by atoms with van der Waals surface area (Å²) in [4.78, 5) is 1.71. The minimum atomic E-state index is -0.903. The Bertz CT molecular complexity index is 398. The summed E-state index contributed by atoms with van der Waals surface area (Å²) in [5, 5.41) is 18.1. The highest BCUT2D eigenvalue weighted by atomic mass is 19.2. The maximum absolute atomic E-state index is 13.1. The summed E-state index contributed by atoms with van der Waals surface area (Å²) < 4.78 is 26.1. The molecule has 0 saturated carbocycles. The van der Waals surface area contributed by atoms with Crippen LogP contribution in [0.15, 0.2) is 12.1 Å². The van der Waals surface area contributed by atoms with Gasteiger partial charge in [-0.3, -0.25) is 0 Å². The molecule has 16 heavy (non-hydrogen) atoms. The van der Waals surface area contributed by atoms with Gasteiger partial charge in [0.2, 0.25) is 0 Å². The molecule has 1 aromatic carbocycles. The van der Waals surface area contributed by atoms with Crippen LogP contribution in [0.25, 0.3) is 0 Å². The van der Waals surface area contributed by atoms with E-state index in [0.29, 0.717) is 24.2 Å². The average molecular weight is 229 g/mol. The third-order valence-corrected chi connectivity index (χ3v) is 2.88. The predicted molar refractivity (Wildman–Crippen MR) is 55.4 cm³/mol. The monoisotopic (exact) mass is 229 g/mol. The molecule has 0 aliphatic carbocycles. The SMILES string of the molecule is OCCN1c2cc(F)c(F)cc2C[C@H]1CO. The third kappa shape index (κ3) is 1.76. The van der Waals surface area contributed by atoms with Gasteiger partial charge < -0.3 is 15.1 Å². The second-order valence-corrected chi connectivity index (χ2v) is 3.85. The number of aliphatic hydroxyl groups excluding tert-OH is 2. The minimum Gasteiger partial charge on any atom is -0.395 e. The molecule has 0 amide bonds. The first kappa shape index (κ1) is 11.3. The summed E-state index contributed by atoms with van der Waals surface area (Å²) in [5.41, 5.74) is 1.23. The highest BCUT2D eigenvalue weighted by Gasteiger charge is 2.29. The molecule has 0 bridgehead atoms. The Hall–Kier alpha value is -1.20. The van der Waals surface area contributed by atoms with Crippen molar-refractivity contribution >= 4 is 5.69 Å². The molecular formula is C11H13F2NO2. The first-order chi connectivity index (χ1) is 7.67. The summed E-state index contributed by atoms with van der Waals surface area (Å²) in [6, 6.07) is 2.07. The third-order valence-electron chi connectivity index (χ3n) is 2.88. The second kappa shape index (κ2) is 4.35. The number of aliphatic hydroxyl groups is 2. The predicted octanol–water partition coefficient (Wildman–Crippen LogP) is 0.680. The van der Waals surface area contributed by atoms with Gasteiger partial charge in [-0.2, -0.15) is 0 Å². The van der Waals surface area contributed by atoms with E-state index in [2.05, 4.69) is 0 Å². The van der Waals surface area contributed by atoms with Gasteiger partial charge in [-0.05, 0) is 18.1 Å². The van der Waals surface area contributed by atoms with E-state index >= 15 is 0 Å². The van der Waals surface area contributed by atoms with Crippen molar-refractivity contribution in [1.29, 1.82) is 0 Å². The van der Waals surface area contributed by atoms with Gasteiger partial charge in [-0.15, -0.1) is 0 Å². The Balaban J connectivity index is 2.38. The molecule has 1 aliphatic heterocycles. The number of benzene rings is 1. The Kier molecular flexibility index (Phi) is 3.07. The molecule has 0 radical (unpaired) electrons. The topological polar surface area (TPSA) is 43.7 Å². The van der Waals surface area contributed by atoms with Gasteiger partial charge in [0.15, 0.2) is 11.6 Å². The zero-order chi connectivity index (χ0) is 11.7. The highest BCUT2D eigenvalue weighted by Crippen LogP contribution is 2.33. The van der Waals surface area contributed by atoms with Gasteiger partial charge in [0.25, 0.3) is 0 Å². The van der Waals surface area contributed by atoms with Crippen molar-refractivity contribution in [3.05, 3.63) is 29.3 Å². The molecule has 0 aromatic heterocycles. The van der Waals surface area contributed by atoms with Gasteiger partial charge in [-0.25, -0.2) is 8.78 Å². The summed E-state index contributed by atoms with van der Waals surface area (Å²) in [7, 11) is 0. The molecule has 1 atom stereocenters. The number of β-amino-alcohol motifs (C(OH)–C–C–N with tert-alkyl or cyclic N) is 1. The van der Waals surface area contributed by atoms with Crippen LogP contribution in [0.1, 0.15) is 5.56 Å². The van der Waals surface area contributed by atoms with Crippen molar-refractivity contribution in [2.75, 3.05) is 24.7 Å². The van der Waals surface area contributed by atoms with Crippen molar-refractivity contribution in [2.45, 2.75) is 12.5 Å². The number of hydrogen-bond acceptors (Lipinski definition) is 3. The molecule has 1 heterocycles. The average Bonchev–Trinajstić information content (AvgIpc) is 2.58. The lowest BCUT2D eigenvalue weighted by Gasteiger charge is -2.25. The number of halogens is 2. The van der Waals surface area contributed by atoms with Crippen LogP contribution in [0.4, 0.5) is 14.5 Å². The van der Waals surface area contributed by atoms with Gasteiger partial charge in [-0.1, -0.05) is 0 Å². The van der Waals surface area contributed by atoms with E-state index in [1.54, 1.807) is 4.90 Å². The first-order valence-corrected chi connectivity index (χ1v) is 5.13. The standard InChI is InChI=1S/C11H13F2NO2/c12-9-4-7-3-8(6-16)14(1-2-15)11(7)5-10(9)13/h4-5,8,15-16H,1-3,6H2/t8-/m0/s1. The second-order valence-electron chi connectivity index (χ2n) is 3.85. The number of hydrogen-bond donors (Lipinski definition) is 2. The first-order valence-electron chi connectivity index (χ1n) is 5.13. The van der Waals surface area contributed by atoms with E-state index in [4.69, 9.17) is 10.2 Å². The van der Waals surface area contributed by atoms with E-state index in [9.17, 15) is 8.78 Å². The summed E-state index contributed by atoms with van der Waals surface area (Å²) in [6.07, 6.45) is 0.475. The lowest BCUT2D eigenvalue weighted by molar-refractivity contribution is 0.250. The molecule has 3 nitrogen and oxygen atoms in total. The van der Waals surface area contributed by atoms with Crippen LogP contribution in [-0.2, 0) is 6.42 Å². The van der Waals surface area contributed by atoms with Gasteiger partial charge in [0.05, 0.1) is 19.3 Å². The Morgan fingerprint density at radius 3 is 2.56 bits per heavy atom. The number of fused-ring (bicyclic) bond motifs is 1. The normalized spacial score (nSPS) is 19.0. The van der Waals surface area contributed by atoms with E-state index in [0.717, 1.165) is 12.1 Å². The lowest BCUT2D eigenvalue weighted by Crippen LogP contribution is -2.36. The molecule has 2 N–H and O–H groups in total. The Labute approximate surface area is 91.9 Å². The van der Waals surface area contributed by atoms with Gasteiger partial charge >= 0.3 is 0 Å². The Morgan fingerprint density at radius 2 is 1.94 bits per heavy atom. The lowest BCUT2D eigenvalue weighted by atomic mass is 10.1. The molecule has 0 spiro atoms. The van der Waals surface area contributed by atoms with E-state index in [1.165, 1.54) is 0 Å². The molecule has 0 saturated heterocycles. The van der Waals surface area contributed by atoms with Crippen LogP contribution in [-0.4, -0.2) is 36.0 Å². The maximum atomic E-state index is 13.1. The van der Waals surface area contributed by atoms with Gasteiger partial charge in [0, 0.05) is 18.3 Å².